The molecule has 0 aliphatic carbocycles. The molecule has 0 radical (unpaired) electrons. The van der Waals surface area contributed by atoms with Crippen LogP contribution in [0.3, 0.4) is 0 Å². The van der Waals surface area contributed by atoms with Crippen LogP contribution in [0, 0.1) is 24.4 Å². The minimum absolute atomic E-state index is 0.156. The van der Waals surface area contributed by atoms with Gasteiger partial charge in [0.1, 0.15) is 17.5 Å². The molecular formula is C13H8F3N3O. The average molecular weight is 279 g/mol. The molecule has 4 nitrogen and oxygen atoms in total. The van der Waals surface area contributed by atoms with E-state index in [4.69, 9.17) is 0 Å². The zero-order valence-electron chi connectivity index (χ0n) is 10.2. The number of hydrogen-bond acceptors (Lipinski definition) is 3. The number of hydrogen-bond donors (Lipinski definition) is 1. The molecule has 0 bridgehead atoms. The largest absolute Gasteiger partial charge is 0.493 e. The summed E-state index contributed by atoms with van der Waals surface area (Å²) in [5.74, 6) is -3.72. The van der Waals surface area contributed by atoms with Crippen molar-refractivity contribution < 1.29 is 18.3 Å². The maximum absolute atomic E-state index is 13.8. The van der Waals surface area contributed by atoms with Crippen LogP contribution in [0.5, 0.6) is 5.88 Å². The third-order valence-corrected chi connectivity index (χ3v) is 2.95. The first-order valence-corrected chi connectivity index (χ1v) is 5.67. The molecule has 0 amide bonds. The molecule has 0 saturated heterocycles. The Hall–Kier alpha value is -2.57. The Morgan fingerprint density at radius 3 is 2.40 bits per heavy atom. The van der Waals surface area contributed by atoms with Gasteiger partial charge in [-0.05, 0) is 6.92 Å². The molecule has 1 N–H and O–H groups in total. The van der Waals surface area contributed by atoms with Gasteiger partial charge in [0.25, 0.3) is 0 Å². The van der Waals surface area contributed by atoms with Gasteiger partial charge in [-0.25, -0.2) is 18.2 Å². The van der Waals surface area contributed by atoms with E-state index in [0.717, 1.165) is 4.52 Å². The van der Waals surface area contributed by atoms with Crippen molar-refractivity contribution in [2.24, 2.45) is 0 Å². The molecule has 102 valence electrons. The number of benzene rings is 1. The highest BCUT2D eigenvalue weighted by atomic mass is 19.1. The molecule has 7 heteroatoms. The summed E-state index contributed by atoms with van der Waals surface area (Å²) in [6, 6.07) is 2.63. The molecule has 0 unspecified atom stereocenters. The van der Waals surface area contributed by atoms with Crippen LogP contribution in [0.4, 0.5) is 13.2 Å². The molecule has 20 heavy (non-hydrogen) atoms. The van der Waals surface area contributed by atoms with E-state index >= 15 is 0 Å². The van der Waals surface area contributed by atoms with Gasteiger partial charge in [0.15, 0.2) is 5.65 Å². The quantitative estimate of drug-likeness (QED) is 0.745. The Balaban J connectivity index is 2.40. The van der Waals surface area contributed by atoms with Crippen molar-refractivity contribution in [1.29, 1.82) is 0 Å². The number of aromatic nitrogens is 3. The monoisotopic (exact) mass is 279 g/mol. The molecule has 0 atom stereocenters. The second-order valence-electron chi connectivity index (χ2n) is 4.24. The normalized spacial score (nSPS) is 11.2. The summed E-state index contributed by atoms with van der Waals surface area (Å²) >= 11 is 0. The van der Waals surface area contributed by atoms with Crippen molar-refractivity contribution in [2.75, 3.05) is 0 Å². The molecule has 0 aliphatic heterocycles. The third-order valence-electron chi connectivity index (χ3n) is 2.95. The highest BCUT2D eigenvalue weighted by Gasteiger charge is 2.22. The van der Waals surface area contributed by atoms with Crippen LogP contribution in [-0.2, 0) is 0 Å². The number of nitrogens with zero attached hydrogens (tertiary/aromatic N) is 3. The van der Waals surface area contributed by atoms with Crippen molar-refractivity contribution in [3.63, 3.8) is 0 Å². The van der Waals surface area contributed by atoms with Crippen molar-refractivity contribution in [1.82, 2.24) is 14.6 Å². The summed E-state index contributed by atoms with van der Waals surface area (Å²) in [5, 5.41) is 13.9. The topological polar surface area (TPSA) is 50.4 Å². The fourth-order valence-electron chi connectivity index (χ4n) is 2.11. The van der Waals surface area contributed by atoms with Gasteiger partial charge in [-0.3, -0.25) is 0 Å². The van der Waals surface area contributed by atoms with Gasteiger partial charge in [0.2, 0.25) is 5.88 Å². The molecule has 0 spiro atoms. The highest BCUT2D eigenvalue weighted by molar-refractivity contribution is 5.73. The van der Waals surface area contributed by atoms with Crippen LogP contribution in [0.25, 0.3) is 16.8 Å². The summed E-state index contributed by atoms with van der Waals surface area (Å²) in [6.45, 7) is 1.49. The van der Waals surface area contributed by atoms with E-state index in [0.29, 0.717) is 17.8 Å². The molecule has 3 rings (SSSR count). The summed E-state index contributed by atoms with van der Waals surface area (Å²) in [6.07, 6.45) is 1.39. The molecule has 1 aromatic carbocycles. The number of rotatable bonds is 1. The lowest BCUT2D eigenvalue weighted by Crippen LogP contribution is -2.01. The number of fused-ring (bicyclic) bond motifs is 1. The number of aryl methyl sites for hydroxylation is 1. The highest BCUT2D eigenvalue weighted by Crippen LogP contribution is 2.35. The lowest BCUT2D eigenvalue weighted by atomic mass is 10.0. The second-order valence-corrected chi connectivity index (χ2v) is 4.24. The van der Waals surface area contributed by atoms with Crippen molar-refractivity contribution in [2.45, 2.75) is 6.92 Å². The number of halogens is 3. The summed E-state index contributed by atoms with van der Waals surface area (Å²) in [5.41, 5.74) is -0.144. The van der Waals surface area contributed by atoms with Gasteiger partial charge in [-0.2, -0.15) is 9.61 Å². The molecule has 0 aliphatic rings. The Morgan fingerprint density at radius 1 is 1.10 bits per heavy atom. The van der Waals surface area contributed by atoms with Crippen molar-refractivity contribution in [3.8, 4) is 17.0 Å². The molecule has 0 fully saturated rings. The van der Waals surface area contributed by atoms with Crippen LogP contribution in [0.15, 0.2) is 24.4 Å². The smallest absolute Gasteiger partial charge is 0.224 e. The van der Waals surface area contributed by atoms with E-state index in [1.807, 2.05) is 0 Å². The maximum Gasteiger partial charge on any atom is 0.224 e. The van der Waals surface area contributed by atoms with Crippen LogP contribution in [0.1, 0.15) is 5.69 Å². The lowest BCUT2D eigenvalue weighted by Gasteiger charge is -2.11. The molecule has 2 heterocycles. The van der Waals surface area contributed by atoms with E-state index in [-0.39, 0.29) is 11.3 Å². The minimum atomic E-state index is -1.12. The van der Waals surface area contributed by atoms with E-state index in [9.17, 15) is 18.3 Å². The van der Waals surface area contributed by atoms with Crippen molar-refractivity contribution >= 4 is 5.65 Å². The Kier molecular flexibility index (Phi) is 2.63. The average Bonchev–Trinajstić information content (AvgIpc) is 2.80. The van der Waals surface area contributed by atoms with Gasteiger partial charge < -0.3 is 5.11 Å². The molecule has 3 aromatic rings. The number of aromatic hydroxyl groups is 1. The predicted octanol–water partition coefficient (Wildman–Crippen LogP) is 2.83. The van der Waals surface area contributed by atoms with Crippen LogP contribution in [0.2, 0.25) is 0 Å². The zero-order chi connectivity index (χ0) is 14.4. The maximum atomic E-state index is 13.8. The Morgan fingerprint density at radius 2 is 1.75 bits per heavy atom. The molecule has 2 aromatic heterocycles. The van der Waals surface area contributed by atoms with Crippen LogP contribution < -0.4 is 0 Å². The van der Waals surface area contributed by atoms with Gasteiger partial charge >= 0.3 is 0 Å². The van der Waals surface area contributed by atoms with Gasteiger partial charge in [0.05, 0.1) is 23.0 Å². The summed E-state index contributed by atoms with van der Waals surface area (Å²) < 4.78 is 41.7. The second kappa shape index (κ2) is 4.22. The van der Waals surface area contributed by atoms with E-state index in [2.05, 4.69) is 10.1 Å². The van der Waals surface area contributed by atoms with E-state index in [1.165, 1.54) is 19.2 Å². The fourth-order valence-corrected chi connectivity index (χ4v) is 2.11. The SMILES string of the molecule is Cc1nc2ccnn2c(O)c1-c1c(F)cc(F)cc1F. The fraction of sp³-hybridized carbons (Fsp3) is 0.0769. The Labute approximate surface area is 111 Å². The molecule has 0 saturated carbocycles. The Bertz CT molecular complexity index is 806. The lowest BCUT2D eigenvalue weighted by molar-refractivity contribution is 0.435. The standard InChI is InChI=1S/C13H8F3N3O/c1-6-11(12-8(15)4-7(14)5-9(12)16)13(20)19-10(18-6)2-3-17-19/h2-5,20H,1H3. The first-order valence-electron chi connectivity index (χ1n) is 5.67. The van der Waals surface area contributed by atoms with E-state index in [1.54, 1.807) is 0 Å². The van der Waals surface area contributed by atoms with Gasteiger partial charge in [-0.1, -0.05) is 0 Å². The molecular weight excluding hydrogens is 271 g/mol. The van der Waals surface area contributed by atoms with Crippen molar-refractivity contribution in [3.05, 3.63) is 47.5 Å². The predicted molar refractivity (Wildman–Crippen MR) is 64.7 cm³/mol. The summed E-state index contributed by atoms with van der Waals surface area (Å²) in [4.78, 5) is 4.09. The van der Waals surface area contributed by atoms with Crippen LogP contribution >= 0.6 is 0 Å². The third kappa shape index (κ3) is 1.70. The van der Waals surface area contributed by atoms with Gasteiger partial charge in [-0.15, -0.1) is 0 Å². The minimum Gasteiger partial charge on any atom is -0.493 e. The van der Waals surface area contributed by atoms with Crippen LogP contribution in [-0.4, -0.2) is 19.7 Å². The first-order chi connectivity index (χ1) is 9.49. The first kappa shape index (κ1) is 12.5. The van der Waals surface area contributed by atoms with E-state index < -0.39 is 28.9 Å². The van der Waals surface area contributed by atoms with Gasteiger partial charge in [0, 0.05) is 18.2 Å². The summed E-state index contributed by atoms with van der Waals surface area (Å²) in [7, 11) is 0. The zero-order valence-corrected chi connectivity index (χ0v) is 10.2.